The van der Waals surface area contributed by atoms with Crippen molar-refractivity contribution < 1.29 is 19.8 Å². The van der Waals surface area contributed by atoms with Crippen LogP contribution in [0.2, 0.25) is 0 Å². The largest absolute Gasteiger partial charge is 0.550 e. The van der Waals surface area contributed by atoms with E-state index in [0.29, 0.717) is 0 Å². The van der Waals surface area contributed by atoms with Gasteiger partial charge in [-0.2, -0.15) is 0 Å². The third-order valence-electron chi connectivity index (χ3n) is 1.91. The van der Waals surface area contributed by atoms with Crippen molar-refractivity contribution in [1.29, 1.82) is 0 Å². The molecule has 0 heterocycles. The SMILES string of the molecule is CC(=O)[O-].CC(=O)[O-].NCCCCCCCCN=C(N)N. The van der Waals surface area contributed by atoms with E-state index < -0.39 is 11.9 Å². The van der Waals surface area contributed by atoms with Gasteiger partial charge >= 0.3 is 0 Å². The molecule has 0 aromatic rings. The van der Waals surface area contributed by atoms with E-state index >= 15 is 0 Å². The molecule has 21 heavy (non-hydrogen) atoms. The summed E-state index contributed by atoms with van der Waals surface area (Å²) in [4.78, 5) is 21.7. The van der Waals surface area contributed by atoms with Gasteiger partial charge in [0.25, 0.3) is 0 Å². The van der Waals surface area contributed by atoms with Gasteiger partial charge in [-0.3, -0.25) is 4.99 Å². The van der Waals surface area contributed by atoms with Crippen LogP contribution >= 0.6 is 0 Å². The predicted molar refractivity (Wildman–Crippen MR) is 78.8 cm³/mol. The van der Waals surface area contributed by atoms with Crippen LogP contribution in [0.1, 0.15) is 52.4 Å². The number of carboxylic acids is 2. The van der Waals surface area contributed by atoms with Crippen LogP contribution in [-0.2, 0) is 9.59 Å². The van der Waals surface area contributed by atoms with E-state index in [1.807, 2.05) is 0 Å². The molecule has 0 spiro atoms. The Hall–Kier alpha value is -1.83. The number of guanidine groups is 1. The third-order valence-corrected chi connectivity index (χ3v) is 1.91. The molecule has 8 heteroatoms. The highest BCUT2D eigenvalue weighted by atomic mass is 16.4. The number of aliphatic carboxylic acids is 2. The second-order valence-electron chi connectivity index (χ2n) is 4.20. The molecule has 0 bridgehead atoms. The lowest BCUT2D eigenvalue weighted by Crippen LogP contribution is -2.22. The second kappa shape index (κ2) is 20.5. The van der Waals surface area contributed by atoms with E-state index in [1.54, 1.807) is 0 Å². The van der Waals surface area contributed by atoms with Crippen molar-refractivity contribution in [1.82, 2.24) is 0 Å². The van der Waals surface area contributed by atoms with E-state index in [9.17, 15) is 0 Å². The monoisotopic (exact) mass is 304 g/mol. The summed E-state index contributed by atoms with van der Waals surface area (Å²) in [5.41, 5.74) is 15.8. The van der Waals surface area contributed by atoms with Gasteiger partial charge in [-0.25, -0.2) is 0 Å². The van der Waals surface area contributed by atoms with Gasteiger partial charge in [-0.15, -0.1) is 0 Å². The minimum absolute atomic E-state index is 0.197. The molecule has 0 aliphatic rings. The maximum absolute atomic E-state index is 8.89. The number of carbonyl (C=O) groups is 2. The fourth-order valence-electron chi connectivity index (χ4n) is 1.17. The molecule has 0 rings (SSSR count). The van der Waals surface area contributed by atoms with Gasteiger partial charge in [0.15, 0.2) is 5.96 Å². The average molecular weight is 304 g/mol. The molecule has 126 valence electrons. The Morgan fingerprint density at radius 1 is 0.857 bits per heavy atom. The highest BCUT2D eigenvalue weighted by molar-refractivity contribution is 5.75. The standard InChI is InChI=1S/C9H22N4.2C2H4O2/c10-7-5-3-1-2-4-6-8-13-9(11)12;2*1-2(3)4/h1-8,10H2,(H4,11,12,13);2*1H3,(H,3,4)/p-2. The van der Waals surface area contributed by atoms with Crippen molar-refractivity contribution in [2.45, 2.75) is 52.4 Å². The Balaban J connectivity index is -0.000000334. The highest BCUT2D eigenvalue weighted by Gasteiger charge is 1.89. The van der Waals surface area contributed by atoms with Crippen molar-refractivity contribution in [2.24, 2.45) is 22.2 Å². The molecule has 0 saturated heterocycles. The first-order chi connectivity index (χ1) is 9.73. The van der Waals surface area contributed by atoms with Crippen molar-refractivity contribution in [3.05, 3.63) is 0 Å². The number of carboxylic acid groups (broad SMARTS) is 2. The summed E-state index contributed by atoms with van der Waals surface area (Å²) in [7, 11) is 0. The average Bonchev–Trinajstić information content (AvgIpc) is 2.31. The number of nitrogens with zero attached hydrogens (tertiary/aromatic N) is 1. The Morgan fingerprint density at radius 2 is 1.19 bits per heavy atom. The molecule has 0 aliphatic heterocycles. The van der Waals surface area contributed by atoms with Gasteiger partial charge in [0.05, 0.1) is 0 Å². The second-order valence-corrected chi connectivity index (χ2v) is 4.20. The molecular formula is C13H28N4O4-2. The normalized spacial score (nSPS) is 8.52. The number of hydrogen-bond donors (Lipinski definition) is 3. The van der Waals surface area contributed by atoms with Gasteiger partial charge in [0, 0.05) is 18.5 Å². The number of hydrogen-bond acceptors (Lipinski definition) is 6. The highest BCUT2D eigenvalue weighted by Crippen LogP contribution is 2.04. The topological polar surface area (TPSA) is 171 Å². The fourth-order valence-corrected chi connectivity index (χ4v) is 1.17. The van der Waals surface area contributed by atoms with Crippen LogP contribution in [0.4, 0.5) is 0 Å². The van der Waals surface area contributed by atoms with Crippen LogP contribution in [0.25, 0.3) is 0 Å². The quantitative estimate of drug-likeness (QED) is 0.266. The lowest BCUT2D eigenvalue weighted by atomic mass is 10.1. The summed E-state index contributed by atoms with van der Waals surface area (Å²) in [6.07, 6.45) is 7.23. The van der Waals surface area contributed by atoms with Gasteiger partial charge in [-0.05, 0) is 33.2 Å². The molecule has 0 aromatic carbocycles. The fraction of sp³-hybridized carbons (Fsp3) is 0.769. The van der Waals surface area contributed by atoms with Crippen LogP contribution in [-0.4, -0.2) is 31.0 Å². The molecule has 0 aliphatic carbocycles. The van der Waals surface area contributed by atoms with Crippen molar-refractivity contribution in [3.8, 4) is 0 Å². The summed E-state index contributed by atoms with van der Waals surface area (Å²) >= 11 is 0. The zero-order chi connectivity index (χ0) is 17.1. The predicted octanol–water partition coefficient (Wildman–Crippen LogP) is -1.93. The Kier molecular flexibility index (Phi) is 23.6. The third kappa shape index (κ3) is 71.2. The van der Waals surface area contributed by atoms with Crippen LogP contribution in [0, 0.1) is 0 Å². The summed E-state index contributed by atoms with van der Waals surface area (Å²) < 4.78 is 0. The van der Waals surface area contributed by atoms with Crippen LogP contribution in [0.5, 0.6) is 0 Å². The Bertz CT molecular complexity index is 259. The maximum Gasteiger partial charge on any atom is 0.185 e. The first-order valence-electron chi connectivity index (χ1n) is 6.84. The number of nitrogens with two attached hydrogens (primary N) is 3. The zero-order valence-corrected chi connectivity index (χ0v) is 13.0. The van der Waals surface area contributed by atoms with Gasteiger partial charge < -0.3 is 37.0 Å². The summed E-state index contributed by atoms with van der Waals surface area (Å²) in [6, 6.07) is 0. The lowest BCUT2D eigenvalue weighted by Gasteiger charge is -1.98. The first kappa shape index (κ1) is 24.2. The molecule has 0 aromatic heterocycles. The van der Waals surface area contributed by atoms with Crippen LogP contribution in [0.15, 0.2) is 4.99 Å². The first-order valence-corrected chi connectivity index (χ1v) is 6.84. The molecule has 0 amide bonds. The minimum Gasteiger partial charge on any atom is -0.550 e. The summed E-state index contributed by atoms with van der Waals surface area (Å²) in [5.74, 6) is -1.97. The zero-order valence-electron chi connectivity index (χ0n) is 13.0. The summed E-state index contributed by atoms with van der Waals surface area (Å²) in [6.45, 7) is 3.52. The van der Waals surface area contributed by atoms with Crippen molar-refractivity contribution in [2.75, 3.05) is 13.1 Å². The number of rotatable bonds is 8. The molecule has 6 N–H and O–H groups in total. The van der Waals surface area contributed by atoms with E-state index in [1.165, 1.54) is 25.7 Å². The number of unbranched alkanes of at least 4 members (excludes halogenated alkanes) is 5. The van der Waals surface area contributed by atoms with Crippen LogP contribution in [0.3, 0.4) is 0 Å². The Morgan fingerprint density at radius 3 is 1.52 bits per heavy atom. The van der Waals surface area contributed by atoms with Crippen molar-refractivity contribution in [3.63, 3.8) is 0 Å². The van der Waals surface area contributed by atoms with Crippen molar-refractivity contribution >= 4 is 17.9 Å². The molecule has 0 unspecified atom stereocenters. The maximum atomic E-state index is 8.89. The molecular weight excluding hydrogens is 276 g/mol. The van der Waals surface area contributed by atoms with Gasteiger partial charge in [-0.1, -0.05) is 25.7 Å². The van der Waals surface area contributed by atoms with E-state index in [4.69, 9.17) is 37.0 Å². The molecule has 0 atom stereocenters. The molecule has 8 nitrogen and oxygen atoms in total. The van der Waals surface area contributed by atoms with Crippen LogP contribution < -0.4 is 27.4 Å². The number of carbonyl (C=O) groups excluding carboxylic acids is 2. The summed E-state index contributed by atoms with van der Waals surface area (Å²) in [5, 5.41) is 17.8. The smallest absolute Gasteiger partial charge is 0.185 e. The minimum atomic E-state index is -1.08. The molecule has 0 radical (unpaired) electrons. The number of aliphatic imine (C=N–C) groups is 1. The van der Waals surface area contributed by atoms with E-state index in [2.05, 4.69) is 4.99 Å². The lowest BCUT2D eigenvalue weighted by molar-refractivity contribution is -0.303. The molecule has 0 fully saturated rings. The molecule has 0 saturated carbocycles. The van der Waals surface area contributed by atoms with E-state index in [0.717, 1.165) is 39.8 Å². The van der Waals surface area contributed by atoms with Gasteiger partial charge in [0.2, 0.25) is 0 Å². The van der Waals surface area contributed by atoms with Gasteiger partial charge in [0.1, 0.15) is 0 Å². The Labute approximate surface area is 126 Å². The van der Waals surface area contributed by atoms with E-state index in [-0.39, 0.29) is 5.96 Å².